The van der Waals surface area contributed by atoms with Gasteiger partial charge in [0, 0.05) is 12.1 Å². The van der Waals surface area contributed by atoms with Gasteiger partial charge in [0.15, 0.2) is 5.84 Å². The van der Waals surface area contributed by atoms with Crippen molar-refractivity contribution >= 4 is 15.9 Å². The first-order chi connectivity index (χ1) is 12.8. The quantitative estimate of drug-likeness (QED) is 0.551. The number of benzene rings is 2. The van der Waals surface area contributed by atoms with Gasteiger partial charge in [0.25, 0.3) is 0 Å². The Morgan fingerprint density at radius 3 is 2.48 bits per heavy atom. The molecule has 0 bridgehead atoms. The number of nitrogens with one attached hydrogen (secondary N) is 3. The lowest BCUT2D eigenvalue weighted by Gasteiger charge is -2.15. The molecule has 1 aliphatic rings. The average molecular weight is 393 g/mol. The Morgan fingerprint density at radius 1 is 1.19 bits per heavy atom. The van der Waals surface area contributed by atoms with Gasteiger partial charge < -0.3 is 5.11 Å². The van der Waals surface area contributed by atoms with Crippen LogP contribution in [0.4, 0.5) is 4.39 Å². The molecule has 0 aromatic heterocycles. The number of hydrazine groups is 2. The lowest BCUT2D eigenvalue weighted by Crippen LogP contribution is -2.40. The van der Waals surface area contributed by atoms with Gasteiger partial charge in [-0.05, 0) is 48.9 Å². The molecule has 4 N–H and O–H groups in total. The van der Waals surface area contributed by atoms with Crippen LogP contribution in [-0.2, 0) is 16.6 Å². The Labute approximate surface area is 156 Å². The van der Waals surface area contributed by atoms with Crippen LogP contribution >= 0.6 is 0 Å². The van der Waals surface area contributed by atoms with Crippen molar-refractivity contribution in [3.05, 3.63) is 65.5 Å². The van der Waals surface area contributed by atoms with Crippen LogP contribution in [0, 0.1) is 5.82 Å². The molecule has 2 aromatic rings. The smallest absolute Gasteiger partial charge is 0.240 e. The fourth-order valence-electron chi connectivity index (χ4n) is 2.37. The van der Waals surface area contributed by atoms with E-state index < -0.39 is 16.1 Å². The summed E-state index contributed by atoms with van der Waals surface area (Å²) < 4.78 is 39.6. The maximum atomic E-state index is 13.0. The van der Waals surface area contributed by atoms with Gasteiger partial charge in [-0.1, -0.05) is 12.1 Å². The van der Waals surface area contributed by atoms with Gasteiger partial charge in [0.05, 0.1) is 17.5 Å². The van der Waals surface area contributed by atoms with Gasteiger partial charge in [-0.15, -0.1) is 10.2 Å². The second-order valence-corrected chi connectivity index (χ2v) is 7.88. The third kappa shape index (κ3) is 5.01. The molecule has 0 saturated carbocycles. The second-order valence-electron chi connectivity index (χ2n) is 6.11. The molecule has 0 aliphatic carbocycles. The van der Waals surface area contributed by atoms with E-state index in [2.05, 4.69) is 20.8 Å². The van der Waals surface area contributed by atoms with Crippen molar-refractivity contribution in [3.63, 3.8) is 0 Å². The number of aliphatic hydroxyl groups excluding tert-OH is 1. The van der Waals surface area contributed by atoms with E-state index in [0.29, 0.717) is 17.9 Å². The van der Waals surface area contributed by atoms with Crippen molar-refractivity contribution in [2.24, 2.45) is 5.10 Å². The molecule has 10 heteroatoms. The number of aliphatic hydroxyl groups is 1. The summed E-state index contributed by atoms with van der Waals surface area (Å²) in [5.74, 6) is 0.231. The molecule has 0 unspecified atom stereocenters. The van der Waals surface area contributed by atoms with Gasteiger partial charge in [-0.3, -0.25) is 5.43 Å². The molecule has 0 fully saturated rings. The van der Waals surface area contributed by atoms with Gasteiger partial charge in [-0.2, -0.15) is 0 Å². The Balaban J connectivity index is 1.62. The summed E-state index contributed by atoms with van der Waals surface area (Å²) in [6.07, 6.45) is -0.769. The maximum Gasteiger partial charge on any atom is 0.240 e. The van der Waals surface area contributed by atoms with E-state index in [4.69, 9.17) is 0 Å². The number of halogens is 1. The van der Waals surface area contributed by atoms with Gasteiger partial charge in [0.2, 0.25) is 10.0 Å². The molecule has 0 spiro atoms. The molecule has 3 rings (SSSR count). The number of hydrogen-bond acceptors (Lipinski definition) is 7. The molecule has 1 atom stereocenters. The Kier molecular flexibility index (Phi) is 5.71. The lowest BCUT2D eigenvalue weighted by molar-refractivity contribution is 0.170. The molecule has 27 heavy (non-hydrogen) atoms. The summed E-state index contributed by atoms with van der Waals surface area (Å²) in [5.41, 5.74) is 7.43. The Morgan fingerprint density at radius 2 is 1.85 bits per heavy atom. The second kappa shape index (κ2) is 8.01. The van der Waals surface area contributed by atoms with Gasteiger partial charge >= 0.3 is 0 Å². The SMILES string of the molecule is C[C@@H](O)CNS(=O)(=O)c1ccc(C2=NNN(Cc3ccc(F)cc3)N2)cc1. The third-order valence-electron chi connectivity index (χ3n) is 3.78. The predicted octanol–water partition coefficient (Wildman–Crippen LogP) is 0.671. The van der Waals surface area contributed by atoms with E-state index >= 15 is 0 Å². The molecule has 0 amide bonds. The van der Waals surface area contributed by atoms with Crippen molar-refractivity contribution in [1.29, 1.82) is 0 Å². The number of amidine groups is 1. The van der Waals surface area contributed by atoms with Crippen molar-refractivity contribution in [3.8, 4) is 0 Å². The van der Waals surface area contributed by atoms with E-state index in [1.165, 1.54) is 31.2 Å². The van der Waals surface area contributed by atoms with E-state index in [0.717, 1.165) is 5.56 Å². The zero-order valence-corrected chi connectivity index (χ0v) is 15.4. The van der Waals surface area contributed by atoms with E-state index in [-0.39, 0.29) is 17.3 Å². The first kappa shape index (κ1) is 19.2. The lowest BCUT2D eigenvalue weighted by atomic mass is 10.2. The number of rotatable bonds is 7. The first-order valence-electron chi connectivity index (χ1n) is 8.23. The minimum Gasteiger partial charge on any atom is -0.392 e. The highest BCUT2D eigenvalue weighted by Gasteiger charge is 2.18. The monoisotopic (exact) mass is 393 g/mol. The van der Waals surface area contributed by atoms with Crippen LogP contribution in [0.25, 0.3) is 0 Å². The van der Waals surface area contributed by atoms with Crippen LogP contribution < -0.4 is 15.7 Å². The Bertz CT molecular complexity index is 915. The number of sulfonamides is 1. The molecule has 1 heterocycles. The van der Waals surface area contributed by atoms with E-state index in [9.17, 15) is 17.9 Å². The van der Waals surface area contributed by atoms with Crippen LogP contribution in [0.5, 0.6) is 0 Å². The van der Waals surface area contributed by atoms with Crippen LogP contribution in [-0.4, -0.2) is 37.1 Å². The summed E-state index contributed by atoms with van der Waals surface area (Å²) in [6.45, 7) is 1.89. The third-order valence-corrected chi connectivity index (χ3v) is 5.22. The summed E-state index contributed by atoms with van der Waals surface area (Å²) in [7, 11) is -3.68. The average Bonchev–Trinajstić information content (AvgIpc) is 3.11. The van der Waals surface area contributed by atoms with Crippen LogP contribution in [0.2, 0.25) is 0 Å². The molecular weight excluding hydrogens is 373 g/mol. The summed E-state index contributed by atoms with van der Waals surface area (Å²) in [4.78, 5) is 0.0987. The molecule has 0 saturated heterocycles. The first-order valence-corrected chi connectivity index (χ1v) is 9.72. The van der Waals surface area contributed by atoms with Gasteiger partial charge in [-0.25, -0.2) is 23.1 Å². The largest absolute Gasteiger partial charge is 0.392 e. The Hall–Kier alpha value is -2.53. The highest BCUT2D eigenvalue weighted by Crippen LogP contribution is 2.13. The predicted molar refractivity (Wildman–Crippen MR) is 98.1 cm³/mol. The zero-order chi connectivity index (χ0) is 19.4. The molecular formula is C17H20FN5O3S. The summed E-state index contributed by atoms with van der Waals surface area (Å²) in [6, 6.07) is 12.3. The fraction of sp³-hybridized carbons (Fsp3) is 0.235. The maximum absolute atomic E-state index is 13.0. The minimum absolute atomic E-state index is 0.0549. The summed E-state index contributed by atoms with van der Waals surface area (Å²) in [5, 5.41) is 15.0. The van der Waals surface area contributed by atoms with Crippen LogP contribution in [0.3, 0.4) is 0 Å². The van der Waals surface area contributed by atoms with Crippen molar-refractivity contribution in [2.45, 2.75) is 24.5 Å². The zero-order valence-electron chi connectivity index (χ0n) is 14.6. The highest BCUT2D eigenvalue weighted by molar-refractivity contribution is 7.89. The number of hydrazone groups is 1. The molecule has 0 radical (unpaired) electrons. The van der Waals surface area contributed by atoms with Gasteiger partial charge in [0.1, 0.15) is 5.82 Å². The van der Waals surface area contributed by atoms with Crippen LogP contribution in [0.1, 0.15) is 18.1 Å². The summed E-state index contributed by atoms with van der Waals surface area (Å²) >= 11 is 0. The minimum atomic E-state index is -3.68. The molecule has 144 valence electrons. The number of nitrogens with zero attached hydrogens (tertiary/aromatic N) is 2. The van der Waals surface area contributed by atoms with Crippen molar-refractivity contribution < 1.29 is 17.9 Å². The molecule has 2 aromatic carbocycles. The van der Waals surface area contributed by atoms with E-state index in [1.54, 1.807) is 29.4 Å². The normalized spacial score (nSPS) is 15.7. The standard InChI is InChI=1S/C17H20FN5O3S/c1-12(24)10-19-27(25,26)16-8-4-14(5-9-16)17-20-22-23(21-17)11-13-2-6-15(18)7-3-13/h2-9,12,19,22,24H,10-11H2,1H3,(H,20,21)/t12-/m1/s1. The number of hydrogen-bond donors (Lipinski definition) is 4. The molecule has 1 aliphatic heterocycles. The van der Waals surface area contributed by atoms with Crippen molar-refractivity contribution in [1.82, 2.24) is 20.8 Å². The highest BCUT2D eigenvalue weighted by atomic mass is 32.2. The molecule has 8 nitrogen and oxygen atoms in total. The fourth-order valence-corrected chi connectivity index (χ4v) is 3.49. The van der Waals surface area contributed by atoms with Crippen molar-refractivity contribution in [2.75, 3.05) is 6.54 Å². The van der Waals surface area contributed by atoms with Crippen LogP contribution in [0.15, 0.2) is 58.5 Å². The topological polar surface area (TPSA) is 106 Å². The van der Waals surface area contributed by atoms with E-state index in [1.807, 2.05) is 0 Å².